The number of benzene rings is 1. The van der Waals surface area contributed by atoms with Crippen LogP contribution in [0.15, 0.2) is 18.2 Å². The highest BCUT2D eigenvalue weighted by Crippen LogP contribution is 2.20. The van der Waals surface area contributed by atoms with E-state index >= 15 is 0 Å². The molecule has 90 valence electrons. The summed E-state index contributed by atoms with van der Waals surface area (Å²) < 4.78 is 0. The summed E-state index contributed by atoms with van der Waals surface area (Å²) in [6.45, 7) is 6.48. The zero-order valence-electron chi connectivity index (χ0n) is 10.3. The molecule has 0 spiro atoms. The Labute approximate surface area is 97.7 Å². The van der Waals surface area contributed by atoms with Crippen LogP contribution in [-0.2, 0) is 0 Å². The molecule has 1 unspecified atom stereocenters. The number of anilines is 2. The number of hydrogen-bond acceptors (Lipinski definition) is 3. The van der Waals surface area contributed by atoms with Gasteiger partial charge in [-0.2, -0.15) is 0 Å². The molecule has 0 radical (unpaired) electrons. The smallest absolute Gasteiger partial charge is 0.0632 e. The highest BCUT2D eigenvalue weighted by molar-refractivity contribution is 5.59. The fourth-order valence-electron chi connectivity index (χ4n) is 1.76. The van der Waals surface area contributed by atoms with Crippen molar-refractivity contribution in [2.75, 3.05) is 17.7 Å². The predicted octanol–water partition coefficient (Wildman–Crippen LogP) is 2.40. The van der Waals surface area contributed by atoms with Crippen molar-refractivity contribution < 1.29 is 5.11 Å². The Bertz CT molecular complexity index is 337. The molecule has 0 aliphatic carbocycles. The molecule has 0 heterocycles. The largest absolute Gasteiger partial charge is 0.399 e. The second kappa shape index (κ2) is 5.75. The first-order valence-corrected chi connectivity index (χ1v) is 5.76. The Morgan fingerprint density at radius 2 is 2.06 bits per heavy atom. The lowest BCUT2D eigenvalue weighted by molar-refractivity contribution is 0.259. The summed E-state index contributed by atoms with van der Waals surface area (Å²) >= 11 is 0. The third-order valence-corrected chi connectivity index (χ3v) is 2.60. The average molecular weight is 222 g/mol. The second-order valence-corrected chi connectivity index (χ2v) is 4.73. The van der Waals surface area contributed by atoms with Crippen LogP contribution in [-0.4, -0.2) is 17.8 Å². The van der Waals surface area contributed by atoms with Crippen LogP contribution >= 0.6 is 0 Å². The average Bonchev–Trinajstić information content (AvgIpc) is 2.21. The van der Waals surface area contributed by atoms with Gasteiger partial charge in [-0.15, -0.1) is 0 Å². The summed E-state index contributed by atoms with van der Waals surface area (Å²) in [6.07, 6.45) is 0.949. The molecule has 0 saturated carbocycles. The molecule has 0 bridgehead atoms. The maximum atomic E-state index is 9.30. The van der Waals surface area contributed by atoms with Gasteiger partial charge >= 0.3 is 0 Å². The van der Waals surface area contributed by atoms with Gasteiger partial charge in [0.1, 0.15) is 0 Å². The molecule has 4 N–H and O–H groups in total. The molecule has 0 fully saturated rings. The molecule has 1 rings (SSSR count). The van der Waals surface area contributed by atoms with Crippen molar-refractivity contribution in [3.05, 3.63) is 23.8 Å². The van der Waals surface area contributed by atoms with Crippen LogP contribution in [0.3, 0.4) is 0 Å². The van der Waals surface area contributed by atoms with Crippen LogP contribution in [0.1, 0.15) is 25.8 Å². The second-order valence-electron chi connectivity index (χ2n) is 4.73. The van der Waals surface area contributed by atoms with E-state index in [1.165, 1.54) is 0 Å². The van der Waals surface area contributed by atoms with Crippen molar-refractivity contribution in [2.45, 2.75) is 33.2 Å². The van der Waals surface area contributed by atoms with E-state index in [2.05, 4.69) is 19.2 Å². The summed E-state index contributed by atoms with van der Waals surface area (Å²) in [5.74, 6) is 0.561. The quantitative estimate of drug-likeness (QED) is 0.670. The van der Waals surface area contributed by atoms with E-state index in [9.17, 15) is 5.11 Å². The lowest BCUT2D eigenvalue weighted by Gasteiger charge is -2.21. The maximum absolute atomic E-state index is 9.30. The molecular formula is C13H22N2O. The summed E-state index contributed by atoms with van der Waals surface area (Å²) in [4.78, 5) is 0. The highest BCUT2D eigenvalue weighted by atomic mass is 16.3. The van der Waals surface area contributed by atoms with E-state index in [1.807, 2.05) is 25.1 Å². The number of aryl methyl sites for hydroxylation is 1. The molecule has 3 heteroatoms. The lowest BCUT2D eigenvalue weighted by Crippen LogP contribution is -2.26. The Kier molecular flexibility index (Phi) is 4.62. The number of nitrogens with two attached hydrogens (primary N) is 1. The number of aliphatic hydroxyl groups excluding tert-OH is 1. The predicted molar refractivity (Wildman–Crippen MR) is 69.5 cm³/mol. The number of aliphatic hydroxyl groups is 1. The van der Waals surface area contributed by atoms with E-state index < -0.39 is 0 Å². The van der Waals surface area contributed by atoms with E-state index in [1.54, 1.807) is 0 Å². The normalized spacial score (nSPS) is 12.8. The van der Waals surface area contributed by atoms with Gasteiger partial charge in [0.15, 0.2) is 0 Å². The topological polar surface area (TPSA) is 58.3 Å². The van der Waals surface area contributed by atoms with Crippen molar-refractivity contribution in [3.8, 4) is 0 Å². The van der Waals surface area contributed by atoms with Gasteiger partial charge in [0.05, 0.1) is 6.61 Å². The van der Waals surface area contributed by atoms with E-state index in [4.69, 9.17) is 5.73 Å². The zero-order chi connectivity index (χ0) is 12.1. The first kappa shape index (κ1) is 12.8. The van der Waals surface area contributed by atoms with Crippen LogP contribution in [0, 0.1) is 12.8 Å². The Balaban J connectivity index is 2.73. The van der Waals surface area contributed by atoms with Gasteiger partial charge in [0.25, 0.3) is 0 Å². The number of rotatable bonds is 5. The van der Waals surface area contributed by atoms with E-state index in [-0.39, 0.29) is 12.6 Å². The van der Waals surface area contributed by atoms with E-state index in [0.717, 1.165) is 23.4 Å². The molecule has 1 aromatic carbocycles. The van der Waals surface area contributed by atoms with Crippen molar-refractivity contribution in [1.29, 1.82) is 0 Å². The lowest BCUT2D eigenvalue weighted by atomic mass is 10.0. The van der Waals surface area contributed by atoms with Crippen LogP contribution in [0.25, 0.3) is 0 Å². The third kappa shape index (κ3) is 3.74. The zero-order valence-corrected chi connectivity index (χ0v) is 10.3. The van der Waals surface area contributed by atoms with Crippen LogP contribution in [0.2, 0.25) is 0 Å². The van der Waals surface area contributed by atoms with Crippen LogP contribution in [0.4, 0.5) is 11.4 Å². The standard InChI is InChI=1S/C13H22N2O/c1-9(2)6-12(8-16)15-13-7-11(14)5-4-10(13)3/h4-5,7,9,12,15-16H,6,8,14H2,1-3H3. The van der Waals surface area contributed by atoms with E-state index in [0.29, 0.717) is 5.92 Å². The van der Waals surface area contributed by atoms with Gasteiger partial charge in [-0.3, -0.25) is 0 Å². The summed E-state index contributed by atoms with van der Waals surface area (Å²) in [7, 11) is 0. The summed E-state index contributed by atoms with van der Waals surface area (Å²) in [5.41, 5.74) is 8.65. The molecule has 16 heavy (non-hydrogen) atoms. The molecule has 0 aromatic heterocycles. The van der Waals surface area contributed by atoms with Gasteiger partial charge in [-0.05, 0) is 37.0 Å². The molecule has 1 aromatic rings. The fraction of sp³-hybridized carbons (Fsp3) is 0.538. The molecule has 0 aliphatic heterocycles. The Morgan fingerprint density at radius 1 is 1.38 bits per heavy atom. The van der Waals surface area contributed by atoms with Crippen molar-refractivity contribution in [3.63, 3.8) is 0 Å². The number of nitrogens with one attached hydrogen (secondary N) is 1. The number of nitrogen functional groups attached to an aromatic ring is 1. The Morgan fingerprint density at radius 3 is 2.62 bits per heavy atom. The van der Waals surface area contributed by atoms with Gasteiger partial charge < -0.3 is 16.2 Å². The third-order valence-electron chi connectivity index (χ3n) is 2.60. The maximum Gasteiger partial charge on any atom is 0.0632 e. The fourth-order valence-corrected chi connectivity index (χ4v) is 1.76. The van der Waals surface area contributed by atoms with Crippen LogP contribution < -0.4 is 11.1 Å². The number of hydrogen-bond donors (Lipinski definition) is 3. The van der Waals surface area contributed by atoms with Gasteiger partial charge in [0.2, 0.25) is 0 Å². The van der Waals surface area contributed by atoms with Gasteiger partial charge in [0, 0.05) is 17.4 Å². The van der Waals surface area contributed by atoms with Gasteiger partial charge in [-0.1, -0.05) is 19.9 Å². The molecule has 0 saturated heterocycles. The first-order chi connectivity index (χ1) is 7.52. The SMILES string of the molecule is Cc1ccc(N)cc1NC(CO)CC(C)C. The minimum atomic E-state index is 0.0977. The van der Waals surface area contributed by atoms with Crippen molar-refractivity contribution >= 4 is 11.4 Å². The van der Waals surface area contributed by atoms with Crippen molar-refractivity contribution in [1.82, 2.24) is 0 Å². The molecule has 1 atom stereocenters. The minimum Gasteiger partial charge on any atom is -0.399 e. The summed E-state index contributed by atoms with van der Waals surface area (Å²) in [5, 5.41) is 12.6. The van der Waals surface area contributed by atoms with Gasteiger partial charge in [-0.25, -0.2) is 0 Å². The molecule has 3 nitrogen and oxygen atoms in total. The summed E-state index contributed by atoms with van der Waals surface area (Å²) in [6, 6.07) is 5.89. The molecule has 0 aliphatic rings. The van der Waals surface area contributed by atoms with Crippen molar-refractivity contribution in [2.24, 2.45) is 5.92 Å². The molecule has 0 amide bonds. The monoisotopic (exact) mass is 222 g/mol. The first-order valence-electron chi connectivity index (χ1n) is 5.76. The highest BCUT2D eigenvalue weighted by Gasteiger charge is 2.10. The Hall–Kier alpha value is -1.22. The minimum absolute atomic E-state index is 0.0977. The molecular weight excluding hydrogens is 200 g/mol. The van der Waals surface area contributed by atoms with Crippen LogP contribution in [0.5, 0.6) is 0 Å².